The Morgan fingerprint density at radius 2 is 1.70 bits per heavy atom. The number of nitrogens with zero attached hydrogens (tertiary/aromatic N) is 1. The van der Waals surface area contributed by atoms with Crippen molar-refractivity contribution in [1.82, 2.24) is 10.2 Å². The Bertz CT molecular complexity index is 1190. The number of para-hydroxylation sites is 1. The Balaban J connectivity index is 1.19. The van der Waals surface area contributed by atoms with Crippen LogP contribution in [0.2, 0.25) is 0 Å². The average Bonchev–Trinajstić information content (AvgIpc) is 3.33. The van der Waals surface area contributed by atoms with Gasteiger partial charge in [0.25, 0.3) is 5.91 Å². The lowest BCUT2D eigenvalue weighted by Crippen LogP contribution is -2.39. The second-order valence-electron chi connectivity index (χ2n) is 8.10. The number of fused-ring (bicyclic) bond motifs is 2. The van der Waals surface area contributed by atoms with Gasteiger partial charge in [-0.15, -0.1) is 0 Å². The predicted molar refractivity (Wildman–Crippen MR) is 124 cm³/mol. The molecule has 0 aromatic heterocycles. The summed E-state index contributed by atoms with van der Waals surface area (Å²) in [6.45, 7) is 2.03. The van der Waals surface area contributed by atoms with Crippen molar-refractivity contribution in [3.63, 3.8) is 0 Å². The average molecular weight is 444 g/mol. The van der Waals surface area contributed by atoms with Crippen molar-refractivity contribution in [1.29, 1.82) is 0 Å². The van der Waals surface area contributed by atoms with E-state index in [1.807, 2.05) is 53.4 Å². The predicted octanol–water partition coefficient (Wildman–Crippen LogP) is 3.34. The zero-order valence-corrected chi connectivity index (χ0v) is 18.2. The monoisotopic (exact) mass is 443 g/mol. The largest absolute Gasteiger partial charge is 0.454 e. The maximum atomic E-state index is 12.9. The third-order valence-corrected chi connectivity index (χ3v) is 5.98. The number of anilines is 1. The van der Waals surface area contributed by atoms with E-state index in [1.165, 1.54) is 11.1 Å². The first kappa shape index (κ1) is 20.9. The van der Waals surface area contributed by atoms with Crippen molar-refractivity contribution in [2.45, 2.75) is 19.5 Å². The van der Waals surface area contributed by atoms with Gasteiger partial charge in [0.1, 0.15) is 0 Å². The molecular weight excluding hydrogens is 418 g/mol. The lowest BCUT2D eigenvalue weighted by Gasteiger charge is -2.29. The minimum Gasteiger partial charge on any atom is -0.454 e. The van der Waals surface area contributed by atoms with E-state index in [4.69, 9.17) is 9.47 Å². The van der Waals surface area contributed by atoms with Crippen molar-refractivity contribution in [2.24, 2.45) is 0 Å². The number of ether oxygens (including phenoxy) is 2. The molecule has 0 atom stereocenters. The van der Waals surface area contributed by atoms with Gasteiger partial charge in [-0.1, -0.05) is 42.5 Å². The molecule has 168 valence electrons. The van der Waals surface area contributed by atoms with Crippen LogP contribution >= 0.6 is 0 Å². The van der Waals surface area contributed by atoms with Crippen LogP contribution in [0.4, 0.5) is 5.69 Å². The number of rotatable bonds is 6. The fraction of sp³-hybridized carbons (Fsp3) is 0.231. The normalized spacial score (nSPS) is 13.9. The third kappa shape index (κ3) is 4.62. The maximum Gasteiger partial charge on any atom is 0.253 e. The van der Waals surface area contributed by atoms with Gasteiger partial charge in [-0.05, 0) is 47.4 Å². The van der Waals surface area contributed by atoms with Crippen molar-refractivity contribution in [2.75, 3.05) is 25.2 Å². The van der Waals surface area contributed by atoms with E-state index in [0.29, 0.717) is 42.4 Å². The van der Waals surface area contributed by atoms with Gasteiger partial charge in [-0.25, -0.2) is 0 Å². The Morgan fingerprint density at radius 1 is 0.909 bits per heavy atom. The quantitative estimate of drug-likeness (QED) is 0.611. The minimum atomic E-state index is -0.213. The highest BCUT2D eigenvalue weighted by Crippen LogP contribution is 2.32. The molecule has 3 aromatic rings. The van der Waals surface area contributed by atoms with Gasteiger partial charge in [-0.2, -0.15) is 0 Å². The van der Waals surface area contributed by atoms with Crippen molar-refractivity contribution in [3.05, 3.63) is 89.0 Å². The van der Waals surface area contributed by atoms with Gasteiger partial charge in [-0.3, -0.25) is 9.59 Å². The number of hydrogen-bond donors (Lipinski definition) is 2. The summed E-state index contributed by atoms with van der Waals surface area (Å²) in [5.41, 5.74) is 4.54. The van der Waals surface area contributed by atoms with Crippen molar-refractivity contribution < 1.29 is 19.1 Å². The highest BCUT2D eigenvalue weighted by Gasteiger charge is 2.21. The number of amides is 2. The van der Waals surface area contributed by atoms with Gasteiger partial charge in [0.15, 0.2) is 11.5 Å². The van der Waals surface area contributed by atoms with Crippen LogP contribution < -0.4 is 20.1 Å². The van der Waals surface area contributed by atoms with Crippen LogP contribution in [0.5, 0.6) is 11.5 Å². The zero-order valence-electron chi connectivity index (χ0n) is 18.2. The summed E-state index contributed by atoms with van der Waals surface area (Å²) in [6.07, 6.45) is 0.862. The van der Waals surface area contributed by atoms with E-state index in [1.54, 1.807) is 6.07 Å². The summed E-state index contributed by atoms with van der Waals surface area (Å²) in [5.74, 6) is 1.19. The first-order chi connectivity index (χ1) is 16.2. The molecule has 0 radical (unpaired) electrons. The molecule has 2 N–H and O–H groups in total. The van der Waals surface area contributed by atoms with E-state index < -0.39 is 0 Å². The molecule has 2 aliphatic heterocycles. The second kappa shape index (κ2) is 9.24. The zero-order chi connectivity index (χ0) is 22.6. The Kier molecular flexibility index (Phi) is 5.85. The third-order valence-electron chi connectivity index (χ3n) is 5.98. The fourth-order valence-electron chi connectivity index (χ4n) is 4.15. The Morgan fingerprint density at radius 3 is 2.61 bits per heavy atom. The second-order valence-corrected chi connectivity index (χ2v) is 8.10. The molecule has 7 heteroatoms. The molecule has 0 saturated carbocycles. The molecule has 0 aliphatic carbocycles. The molecule has 0 fully saturated rings. The number of carbonyl (C=O) groups excluding carboxylic acids is 2. The molecule has 5 rings (SSSR count). The molecule has 0 bridgehead atoms. The molecule has 0 spiro atoms. The summed E-state index contributed by atoms with van der Waals surface area (Å²) in [7, 11) is 0. The van der Waals surface area contributed by atoms with E-state index >= 15 is 0 Å². The van der Waals surface area contributed by atoms with E-state index in [-0.39, 0.29) is 25.2 Å². The molecule has 33 heavy (non-hydrogen) atoms. The number of carbonyl (C=O) groups is 2. The lowest BCUT2D eigenvalue weighted by molar-refractivity contribution is -0.130. The summed E-state index contributed by atoms with van der Waals surface area (Å²) in [5, 5.41) is 6.10. The minimum absolute atomic E-state index is 0.0140. The smallest absolute Gasteiger partial charge is 0.253 e. The number of hydrogen-bond acceptors (Lipinski definition) is 5. The maximum absolute atomic E-state index is 12.9. The van der Waals surface area contributed by atoms with Crippen molar-refractivity contribution in [3.8, 4) is 11.5 Å². The highest BCUT2D eigenvalue weighted by atomic mass is 16.7. The molecular formula is C26H25N3O4. The van der Waals surface area contributed by atoms with Gasteiger partial charge < -0.3 is 25.0 Å². The van der Waals surface area contributed by atoms with Crippen LogP contribution in [0.1, 0.15) is 27.0 Å². The van der Waals surface area contributed by atoms with Crippen LogP contribution in [-0.4, -0.2) is 36.6 Å². The van der Waals surface area contributed by atoms with Gasteiger partial charge in [0.05, 0.1) is 12.1 Å². The van der Waals surface area contributed by atoms with E-state index in [2.05, 4.69) is 22.8 Å². The standard InChI is InChI=1S/C26H25N3O4/c30-25(29-12-11-19-5-1-2-6-20(19)16-29)15-27-22-8-4-3-7-21(22)26(31)28-14-18-9-10-23-24(13-18)33-17-32-23/h1-10,13,27H,11-12,14-17H2,(H,28,31). The van der Waals surface area contributed by atoms with Gasteiger partial charge >= 0.3 is 0 Å². The first-order valence-electron chi connectivity index (χ1n) is 11.0. The Labute approximate surface area is 192 Å². The molecule has 0 saturated heterocycles. The summed E-state index contributed by atoms with van der Waals surface area (Å²) >= 11 is 0. The van der Waals surface area contributed by atoms with Crippen LogP contribution in [0.25, 0.3) is 0 Å². The first-order valence-corrected chi connectivity index (χ1v) is 11.0. The van der Waals surface area contributed by atoms with Gasteiger partial charge in [0, 0.05) is 25.3 Å². The van der Waals surface area contributed by atoms with Crippen LogP contribution in [0.3, 0.4) is 0 Å². The van der Waals surface area contributed by atoms with Crippen LogP contribution in [0.15, 0.2) is 66.7 Å². The SMILES string of the molecule is O=C(NCc1ccc2c(c1)OCO2)c1ccccc1NCC(=O)N1CCc2ccccc2C1. The van der Waals surface area contributed by atoms with Crippen molar-refractivity contribution >= 4 is 17.5 Å². The van der Waals surface area contributed by atoms with Crippen LogP contribution in [-0.2, 0) is 24.3 Å². The number of nitrogens with one attached hydrogen (secondary N) is 2. The lowest BCUT2D eigenvalue weighted by atomic mass is 10.00. The fourth-order valence-corrected chi connectivity index (χ4v) is 4.15. The number of benzene rings is 3. The Hall–Kier alpha value is -4.00. The molecule has 2 heterocycles. The van der Waals surface area contributed by atoms with Gasteiger partial charge in [0.2, 0.25) is 12.7 Å². The van der Waals surface area contributed by atoms with Crippen LogP contribution in [0, 0.1) is 0 Å². The highest BCUT2D eigenvalue weighted by molar-refractivity contribution is 6.00. The van der Waals surface area contributed by atoms with E-state index in [9.17, 15) is 9.59 Å². The summed E-state index contributed by atoms with van der Waals surface area (Å²) in [6, 6.07) is 21.0. The van der Waals surface area contributed by atoms with E-state index in [0.717, 1.165) is 12.0 Å². The molecule has 3 aromatic carbocycles. The summed E-state index contributed by atoms with van der Waals surface area (Å²) < 4.78 is 10.7. The molecule has 2 aliphatic rings. The summed E-state index contributed by atoms with van der Waals surface area (Å²) in [4.78, 5) is 27.5. The molecule has 0 unspecified atom stereocenters. The molecule has 2 amide bonds. The molecule has 7 nitrogen and oxygen atoms in total. The topological polar surface area (TPSA) is 79.9 Å².